The van der Waals surface area contributed by atoms with Crippen molar-refractivity contribution in [2.75, 3.05) is 25.1 Å². The van der Waals surface area contributed by atoms with Gasteiger partial charge >= 0.3 is 11.4 Å². The molecule has 0 fully saturated rings. The van der Waals surface area contributed by atoms with Crippen LogP contribution in [0.4, 0.5) is 17.1 Å². The molecular formula is C43H50N4O9S. The van der Waals surface area contributed by atoms with Gasteiger partial charge in [-0.1, -0.05) is 101 Å². The number of rotatable bonds is 22. The predicted octanol–water partition coefficient (Wildman–Crippen LogP) is 10.4. The van der Waals surface area contributed by atoms with Gasteiger partial charge in [0.1, 0.15) is 30.5 Å². The molecule has 0 saturated carbocycles. The number of fused-ring (bicyclic) bond motifs is 2. The van der Waals surface area contributed by atoms with E-state index in [1.807, 2.05) is 12.1 Å². The van der Waals surface area contributed by atoms with E-state index in [1.54, 1.807) is 60.7 Å². The summed E-state index contributed by atoms with van der Waals surface area (Å²) in [7, 11) is 0. The largest absolute Gasteiger partial charge is 0.506 e. The Hall–Kier alpha value is -5.73. The molecule has 2 amide bonds. The zero-order chi connectivity index (χ0) is 40.6. The first-order chi connectivity index (χ1) is 27.7. The smallest absolute Gasteiger partial charge is 0.357 e. The van der Waals surface area contributed by atoms with Crippen molar-refractivity contribution < 1.29 is 42.2 Å². The summed E-state index contributed by atoms with van der Waals surface area (Å²) in [4.78, 5) is 24.9. The van der Waals surface area contributed by atoms with Crippen molar-refractivity contribution in [3.63, 3.8) is 0 Å². The summed E-state index contributed by atoms with van der Waals surface area (Å²) in [5.41, 5.74) is 0.626. The maximum absolute atomic E-state index is 13.1. The number of ether oxygens (including phenoxy) is 2. The Bertz CT molecular complexity index is 2190. The first-order valence-corrected chi connectivity index (χ1v) is 20.3. The van der Waals surface area contributed by atoms with Gasteiger partial charge < -0.3 is 34.5 Å². The second-order valence-corrected chi connectivity index (χ2v) is 14.2. The number of benzene rings is 5. The van der Waals surface area contributed by atoms with E-state index >= 15 is 0 Å². The molecule has 5 N–H and O–H groups in total. The Morgan fingerprint density at radius 1 is 0.737 bits per heavy atom. The van der Waals surface area contributed by atoms with Crippen molar-refractivity contribution in [2.45, 2.75) is 78.1 Å². The molecule has 5 aromatic rings. The zero-order valence-corrected chi connectivity index (χ0v) is 33.1. The SMILES string of the molecule is CCCCCCCCCCCCNC(=O)c1cc(OCCOc2ccc(N=Nc3c(OS(=O)O)cc4cccc(NC(C)=O)c4c3O)cc2)c2ccccc2c1O. The van der Waals surface area contributed by atoms with Crippen molar-refractivity contribution in [1.29, 1.82) is 0 Å². The van der Waals surface area contributed by atoms with Gasteiger partial charge in [0, 0.05) is 29.6 Å². The van der Waals surface area contributed by atoms with Gasteiger partial charge in [0.15, 0.2) is 17.2 Å². The van der Waals surface area contributed by atoms with E-state index in [4.69, 9.17) is 13.7 Å². The first-order valence-electron chi connectivity index (χ1n) is 19.3. The van der Waals surface area contributed by atoms with Gasteiger partial charge in [-0.15, -0.1) is 5.11 Å². The molecule has 0 aliphatic heterocycles. The Labute approximate surface area is 334 Å². The number of hydrogen-bond acceptors (Lipinski definition) is 10. The number of amides is 2. The molecule has 1 unspecified atom stereocenters. The van der Waals surface area contributed by atoms with Crippen LogP contribution in [0.25, 0.3) is 21.5 Å². The Balaban J connectivity index is 1.16. The maximum Gasteiger partial charge on any atom is 0.357 e. The number of hydrogen-bond donors (Lipinski definition) is 5. The molecule has 57 heavy (non-hydrogen) atoms. The van der Waals surface area contributed by atoms with Crippen LogP contribution in [-0.4, -0.2) is 50.5 Å². The van der Waals surface area contributed by atoms with Gasteiger partial charge in [0.25, 0.3) is 5.91 Å². The van der Waals surface area contributed by atoms with E-state index in [9.17, 15) is 28.6 Å². The van der Waals surface area contributed by atoms with Crippen molar-refractivity contribution in [3.05, 3.63) is 84.4 Å². The molecule has 14 heteroatoms. The fourth-order valence-electron chi connectivity index (χ4n) is 6.49. The van der Waals surface area contributed by atoms with Crippen LogP contribution in [0.5, 0.6) is 28.7 Å². The van der Waals surface area contributed by atoms with Crippen LogP contribution < -0.4 is 24.3 Å². The second kappa shape index (κ2) is 21.5. The number of phenols is 2. The molecule has 0 heterocycles. The Kier molecular flexibility index (Phi) is 16.0. The number of aromatic hydroxyl groups is 2. The fraction of sp³-hybridized carbons (Fsp3) is 0.349. The molecule has 5 rings (SSSR count). The molecule has 0 aliphatic rings. The fourth-order valence-corrected chi connectivity index (χ4v) is 6.77. The number of azo groups is 1. The normalized spacial score (nSPS) is 11.8. The third kappa shape index (κ3) is 12.1. The van der Waals surface area contributed by atoms with Gasteiger partial charge in [-0.25, -0.2) is 0 Å². The average molecular weight is 799 g/mol. The van der Waals surface area contributed by atoms with E-state index in [0.29, 0.717) is 45.6 Å². The molecule has 302 valence electrons. The lowest BCUT2D eigenvalue weighted by atomic mass is 10.0. The highest BCUT2D eigenvalue weighted by molar-refractivity contribution is 7.74. The lowest BCUT2D eigenvalue weighted by molar-refractivity contribution is -0.114. The van der Waals surface area contributed by atoms with E-state index in [0.717, 1.165) is 19.3 Å². The second-order valence-electron chi connectivity index (χ2n) is 13.6. The number of anilines is 1. The topological polar surface area (TPSA) is 188 Å². The van der Waals surface area contributed by atoms with Crippen LogP contribution in [0.2, 0.25) is 0 Å². The summed E-state index contributed by atoms with van der Waals surface area (Å²) in [5, 5.41) is 37.9. The van der Waals surface area contributed by atoms with E-state index in [1.165, 1.54) is 57.9 Å². The zero-order valence-electron chi connectivity index (χ0n) is 32.3. The van der Waals surface area contributed by atoms with Crippen LogP contribution in [0.15, 0.2) is 89.1 Å². The molecule has 0 radical (unpaired) electrons. The minimum Gasteiger partial charge on any atom is -0.506 e. The number of nitrogens with zero attached hydrogens (tertiary/aromatic N) is 2. The number of phenolic OH excluding ortho intramolecular Hbond substituents is 2. The van der Waals surface area contributed by atoms with Crippen LogP contribution in [0.1, 0.15) is 88.4 Å². The summed E-state index contributed by atoms with van der Waals surface area (Å²) < 4.78 is 37.9. The quantitative estimate of drug-likeness (QED) is 0.0258. The summed E-state index contributed by atoms with van der Waals surface area (Å²) in [6, 6.07) is 21.6. The maximum atomic E-state index is 13.1. The highest BCUT2D eigenvalue weighted by Crippen LogP contribution is 2.46. The number of carbonyl (C=O) groups is 2. The highest BCUT2D eigenvalue weighted by Gasteiger charge is 2.20. The lowest BCUT2D eigenvalue weighted by Crippen LogP contribution is -2.24. The van der Waals surface area contributed by atoms with Gasteiger partial charge in [-0.3, -0.25) is 14.1 Å². The summed E-state index contributed by atoms with van der Waals surface area (Å²) in [6.07, 6.45) is 12.0. The number of unbranched alkanes of at least 4 members (excludes halogenated alkanes) is 9. The van der Waals surface area contributed by atoms with Gasteiger partial charge in [0.05, 0.1) is 16.9 Å². The molecule has 0 spiro atoms. The van der Waals surface area contributed by atoms with E-state index in [2.05, 4.69) is 27.8 Å². The average Bonchev–Trinajstić information content (AvgIpc) is 3.19. The molecule has 0 bridgehead atoms. The third-order valence-corrected chi connectivity index (χ3v) is 9.62. The van der Waals surface area contributed by atoms with Crippen molar-refractivity contribution >= 4 is 61.8 Å². The molecular weight excluding hydrogens is 749 g/mol. The van der Waals surface area contributed by atoms with E-state index in [-0.39, 0.29) is 53.2 Å². The molecule has 0 aromatic heterocycles. The van der Waals surface area contributed by atoms with E-state index < -0.39 is 17.1 Å². The van der Waals surface area contributed by atoms with Crippen LogP contribution >= 0.6 is 0 Å². The van der Waals surface area contributed by atoms with Crippen molar-refractivity contribution in [2.24, 2.45) is 10.2 Å². The van der Waals surface area contributed by atoms with Crippen LogP contribution in [-0.2, 0) is 16.2 Å². The molecule has 13 nitrogen and oxygen atoms in total. The predicted molar refractivity (Wildman–Crippen MR) is 223 cm³/mol. The van der Waals surface area contributed by atoms with Crippen LogP contribution in [0, 0.1) is 0 Å². The summed E-state index contributed by atoms with van der Waals surface area (Å²) in [5.74, 6) is -0.444. The third-order valence-electron chi connectivity index (χ3n) is 9.30. The first kappa shape index (κ1) is 42.4. The van der Waals surface area contributed by atoms with Gasteiger partial charge in [-0.05, 0) is 54.3 Å². The molecule has 0 aliphatic carbocycles. The molecule has 0 saturated heterocycles. The Morgan fingerprint density at radius 2 is 1.40 bits per heavy atom. The molecule has 1 atom stereocenters. The summed E-state index contributed by atoms with van der Waals surface area (Å²) >= 11 is -2.71. The van der Waals surface area contributed by atoms with Crippen molar-refractivity contribution in [1.82, 2.24) is 5.32 Å². The van der Waals surface area contributed by atoms with Crippen molar-refractivity contribution in [3.8, 4) is 28.7 Å². The minimum atomic E-state index is -2.71. The highest BCUT2D eigenvalue weighted by atomic mass is 32.2. The number of nitrogens with one attached hydrogen (secondary N) is 2. The van der Waals surface area contributed by atoms with Gasteiger partial charge in [-0.2, -0.15) is 9.32 Å². The summed E-state index contributed by atoms with van der Waals surface area (Å²) in [6.45, 7) is 4.40. The van der Waals surface area contributed by atoms with Gasteiger partial charge in [0.2, 0.25) is 5.91 Å². The monoisotopic (exact) mass is 798 g/mol. The van der Waals surface area contributed by atoms with Crippen LogP contribution in [0.3, 0.4) is 0 Å². The minimum absolute atomic E-state index is 0.0929. The molecule has 5 aromatic carbocycles. The Morgan fingerprint density at radius 3 is 2.09 bits per heavy atom. The standard InChI is InChI=1S/C43H50N4O9S/c1-3-4-5-6-7-8-9-10-11-14-24-44-43(51)35-28-37(33-17-12-13-18-34(33)41(35)49)55-26-25-54-32-22-20-31(21-23-32)46-47-40-38(56-57(52)53)27-30-16-15-19-36(45-29(2)48)39(30)42(40)50/h12-13,15-23,27-28,49-50H,3-11,14,24-26H2,1-2H3,(H,44,51)(H,45,48)(H,52,53). The number of carbonyl (C=O) groups excluding carboxylic acids is 2. The lowest BCUT2D eigenvalue weighted by Gasteiger charge is -2.15.